The third kappa shape index (κ3) is 5.79. The van der Waals surface area contributed by atoms with E-state index in [-0.39, 0.29) is 5.54 Å². The topological polar surface area (TPSA) is 139 Å². The predicted octanol–water partition coefficient (Wildman–Crippen LogP) is 3.81. The Kier molecular flexibility index (Phi) is 8.52. The molecule has 0 saturated carbocycles. The maximum atomic E-state index is 10.1. The second kappa shape index (κ2) is 12.5. The van der Waals surface area contributed by atoms with Gasteiger partial charge in [-0.25, -0.2) is 4.98 Å². The molecule has 0 radical (unpaired) electrons. The molecule has 3 aromatic rings. The van der Waals surface area contributed by atoms with Crippen molar-refractivity contribution in [3.8, 4) is 34.8 Å². The van der Waals surface area contributed by atoms with E-state index in [2.05, 4.69) is 47.2 Å². The van der Waals surface area contributed by atoms with Gasteiger partial charge in [-0.15, -0.1) is 0 Å². The second-order valence-electron chi connectivity index (χ2n) is 12.1. The standard InChI is InChI=1S/C32H42N8O3/c1-4-6-9-23-29(38-43-30(23)28-21(5-2)10-11-25(34)24(28)16-33)31-36-26(40-14-12-35-32(18-40)19-41-20-32)15-27(37-31)42-17-22-8-7-13-39(22)3/h10-11,15,22,35H,4-9,12-14,17-20,34H2,1-3H3. The van der Waals surface area contributed by atoms with Gasteiger partial charge in [-0.2, -0.15) is 10.2 Å². The van der Waals surface area contributed by atoms with Gasteiger partial charge in [0.25, 0.3) is 0 Å². The van der Waals surface area contributed by atoms with E-state index in [0.29, 0.717) is 72.3 Å². The molecule has 0 bridgehead atoms. The van der Waals surface area contributed by atoms with Crippen LogP contribution < -0.4 is 20.7 Å². The van der Waals surface area contributed by atoms with Crippen molar-refractivity contribution in [1.29, 1.82) is 5.26 Å². The Morgan fingerprint density at radius 2 is 2.09 bits per heavy atom. The number of aryl methyl sites for hydroxylation is 1. The van der Waals surface area contributed by atoms with Gasteiger partial charge >= 0.3 is 0 Å². The van der Waals surface area contributed by atoms with Crippen molar-refractivity contribution in [2.45, 2.75) is 64.0 Å². The molecule has 2 aromatic heterocycles. The number of nitrogens with one attached hydrogen (secondary N) is 1. The van der Waals surface area contributed by atoms with Gasteiger partial charge in [0.1, 0.15) is 18.5 Å². The molecule has 6 rings (SSSR count). The summed E-state index contributed by atoms with van der Waals surface area (Å²) in [7, 11) is 2.14. The second-order valence-corrected chi connectivity index (χ2v) is 12.1. The first-order chi connectivity index (χ1) is 20.9. The molecule has 11 heteroatoms. The third-order valence-electron chi connectivity index (χ3n) is 9.06. The number of unbranched alkanes of at least 4 members (excludes halogenated alkanes) is 1. The number of aromatic nitrogens is 3. The summed E-state index contributed by atoms with van der Waals surface area (Å²) < 4.78 is 18.0. The molecule has 0 aliphatic carbocycles. The molecule has 3 N–H and O–H groups in total. The number of nitrogen functional groups attached to an aromatic ring is 1. The van der Waals surface area contributed by atoms with E-state index in [0.717, 1.165) is 68.8 Å². The van der Waals surface area contributed by atoms with Gasteiger partial charge in [0, 0.05) is 42.9 Å². The Balaban J connectivity index is 1.44. The first-order valence-electron chi connectivity index (χ1n) is 15.6. The van der Waals surface area contributed by atoms with Crippen LogP contribution in [0.4, 0.5) is 11.5 Å². The van der Waals surface area contributed by atoms with E-state index in [1.54, 1.807) is 6.07 Å². The van der Waals surface area contributed by atoms with Crippen molar-refractivity contribution >= 4 is 11.5 Å². The number of likely N-dealkylation sites (N-methyl/N-ethyl adjacent to an activating group) is 1. The molecule has 43 heavy (non-hydrogen) atoms. The fraction of sp³-hybridized carbons (Fsp3) is 0.562. The first-order valence-corrected chi connectivity index (χ1v) is 15.6. The average molecular weight is 587 g/mol. The lowest BCUT2D eigenvalue weighted by Gasteiger charge is -2.49. The fourth-order valence-electron chi connectivity index (χ4n) is 6.42. The SMILES string of the molecule is CCCCc1c(-c2nc(OCC3CCCN3C)cc(N3CCNC4(COC4)C3)n2)noc1-c1c(CC)ccc(N)c1C#N. The van der Waals surface area contributed by atoms with Gasteiger partial charge in [0.15, 0.2) is 17.3 Å². The Labute approximate surface area is 253 Å². The van der Waals surface area contributed by atoms with E-state index >= 15 is 0 Å². The van der Waals surface area contributed by atoms with E-state index in [1.165, 1.54) is 6.42 Å². The Morgan fingerprint density at radius 1 is 1.23 bits per heavy atom. The van der Waals surface area contributed by atoms with Crippen molar-refractivity contribution in [2.75, 3.05) is 63.7 Å². The summed E-state index contributed by atoms with van der Waals surface area (Å²) >= 11 is 0. The van der Waals surface area contributed by atoms with Gasteiger partial charge in [-0.05, 0) is 57.3 Å². The van der Waals surface area contributed by atoms with E-state index in [9.17, 15) is 5.26 Å². The number of nitrogens with two attached hydrogens (primary N) is 1. The third-order valence-corrected chi connectivity index (χ3v) is 9.06. The molecule has 3 aliphatic heterocycles. The summed E-state index contributed by atoms with van der Waals surface area (Å²) in [6, 6.07) is 8.36. The van der Waals surface area contributed by atoms with Crippen LogP contribution in [0.5, 0.6) is 5.88 Å². The number of hydrogen-bond donors (Lipinski definition) is 2. The highest BCUT2D eigenvalue weighted by molar-refractivity contribution is 5.81. The maximum absolute atomic E-state index is 10.1. The Bertz CT molecular complexity index is 1490. The molecule has 228 valence electrons. The molecule has 5 heterocycles. The quantitative estimate of drug-likeness (QED) is 0.335. The fourth-order valence-corrected chi connectivity index (χ4v) is 6.42. The summed E-state index contributed by atoms with van der Waals surface area (Å²) in [4.78, 5) is 14.6. The molecule has 3 fully saturated rings. The number of ether oxygens (including phenoxy) is 2. The molecule has 3 aliphatic rings. The van der Waals surface area contributed by atoms with Crippen LogP contribution in [-0.4, -0.2) is 84.7 Å². The van der Waals surface area contributed by atoms with Crippen LogP contribution in [0.15, 0.2) is 22.7 Å². The summed E-state index contributed by atoms with van der Waals surface area (Å²) in [6.07, 6.45) is 5.62. The summed E-state index contributed by atoms with van der Waals surface area (Å²) in [6.45, 7) is 9.67. The lowest BCUT2D eigenvalue weighted by atomic mass is 9.92. The number of hydrogen-bond acceptors (Lipinski definition) is 11. The normalized spacial score (nSPS) is 19.9. The number of nitrogens with zero attached hydrogens (tertiary/aromatic N) is 6. The number of benzene rings is 1. The van der Waals surface area contributed by atoms with Crippen LogP contribution in [0, 0.1) is 11.3 Å². The molecule has 3 saturated heterocycles. The van der Waals surface area contributed by atoms with Crippen molar-refractivity contribution in [2.24, 2.45) is 0 Å². The van der Waals surface area contributed by atoms with E-state index < -0.39 is 0 Å². The highest BCUT2D eigenvalue weighted by atomic mass is 16.5. The van der Waals surface area contributed by atoms with Crippen molar-refractivity contribution in [3.63, 3.8) is 0 Å². The highest BCUT2D eigenvalue weighted by Gasteiger charge is 2.42. The minimum absolute atomic E-state index is 0.0538. The lowest BCUT2D eigenvalue weighted by molar-refractivity contribution is -0.0743. The Morgan fingerprint density at radius 3 is 2.79 bits per heavy atom. The van der Waals surface area contributed by atoms with Gasteiger partial charge in [0.2, 0.25) is 5.88 Å². The zero-order valence-corrected chi connectivity index (χ0v) is 25.5. The number of piperazine rings is 1. The molecule has 11 nitrogen and oxygen atoms in total. The van der Waals surface area contributed by atoms with Crippen LogP contribution in [0.1, 0.15) is 56.2 Å². The zero-order valence-electron chi connectivity index (χ0n) is 25.5. The van der Waals surface area contributed by atoms with E-state index in [4.69, 9.17) is 29.7 Å². The number of nitriles is 1. The molecular weight excluding hydrogens is 544 g/mol. The molecule has 0 amide bonds. The number of anilines is 2. The van der Waals surface area contributed by atoms with Crippen molar-refractivity contribution in [3.05, 3.63) is 34.9 Å². The molecular formula is C32H42N8O3. The van der Waals surface area contributed by atoms with Gasteiger partial charge in [-0.1, -0.05) is 31.5 Å². The van der Waals surface area contributed by atoms with Crippen LogP contribution in [-0.2, 0) is 17.6 Å². The first kappa shape index (κ1) is 29.4. The minimum atomic E-state index is -0.0538. The van der Waals surface area contributed by atoms with Gasteiger partial charge in [-0.3, -0.25) is 0 Å². The number of rotatable bonds is 10. The largest absolute Gasteiger partial charge is 0.476 e. The molecule has 1 atom stereocenters. The summed E-state index contributed by atoms with van der Waals surface area (Å²) in [5, 5.41) is 18.3. The summed E-state index contributed by atoms with van der Waals surface area (Å²) in [5.41, 5.74) is 10.2. The lowest BCUT2D eigenvalue weighted by Crippen LogP contribution is -2.70. The van der Waals surface area contributed by atoms with Crippen LogP contribution in [0.3, 0.4) is 0 Å². The monoisotopic (exact) mass is 586 g/mol. The minimum Gasteiger partial charge on any atom is -0.476 e. The summed E-state index contributed by atoms with van der Waals surface area (Å²) in [5.74, 6) is 2.36. The van der Waals surface area contributed by atoms with Crippen LogP contribution in [0.2, 0.25) is 0 Å². The highest BCUT2D eigenvalue weighted by Crippen LogP contribution is 2.39. The smallest absolute Gasteiger partial charge is 0.219 e. The van der Waals surface area contributed by atoms with Crippen molar-refractivity contribution in [1.82, 2.24) is 25.3 Å². The van der Waals surface area contributed by atoms with E-state index in [1.807, 2.05) is 12.1 Å². The van der Waals surface area contributed by atoms with Crippen molar-refractivity contribution < 1.29 is 14.0 Å². The average Bonchev–Trinajstić information content (AvgIpc) is 3.63. The van der Waals surface area contributed by atoms with Gasteiger partial charge in [0.05, 0.1) is 30.0 Å². The molecule has 1 unspecified atom stereocenters. The predicted molar refractivity (Wildman–Crippen MR) is 165 cm³/mol. The van der Waals surface area contributed by atoms with Crippen LogP contribution in [0.25, 0.3) is 22.8 Å². The van der Waals surface area contributed by atoms with Gasteiger partial charge < -0.3 is 34.8 Å². The number of likely N-dealkylation sites (tertiary alicyclic amines) is 1. The molecule has 1 aromatic carbocycles. The zero-order chi connectivity index (χ0) is 30.0. The Hall–Kier alpha value is -3.72. The maximum Gasteiger partial charge on any atom is 0.219 e. The van der Waals surface area contributed by atoms with Crippen LogP contribution >= 0.6 is 0 Å². The molecule has 1 spiro atoms.